The Hall–Kier alpha value is -2.92. The highest BCUT2D eigenvalue weighted by Crippen LogP contribution is 2.36. The normalized spacial score (nSPS) is 14.6. The summed E-state index contributed by atoms with van der Waals surface area (Å²) in [5.41, 5.74) is 2.79. The molecule has 0 saturated carbocycles. The van der Waals surface area contributed by atoms with Crippen molar-refractivity contribution in [1.82, 2.24) is 9.21 Å². The van der Waals surface area contributed by atoms with E-state index in [1.165, 1.54) is 33.6 Å². The maximum Gasteiger partial charge on any atom is 0.262 e. The quantitative estimate of drug-likeness (QED) is 0.208. The number of rotatable bonds is 9. The maximum absolute atomic E-state index is 13.5. The van der Waals surface area contributed by atoms with Gasteiger partial charge in [-0.1, -0.05) is 83.9 Å². The van der Waals surface area contributed by atoms with Crippen molar-refractivity contribution >= 4 is 60.7 Å². The molecule has 4 aromatic carbocycles. The van der Waals surface area contributed by atoms with E-state index in [0.29, 0.717) is 47.1 Å². The average Bonchev–Trinajstić information content (AvgIpc) is 2.98. The lowest BCUT2D eigenvalue weighted by Gasteiger charge is -2.39. The number of sulfonamides is 1. The van der Waals surface area contributed by atoms with Crippen LogP contribution < -0.4 is 10.1 Å². The Morgan fingerprint density at radius 2 is 1.43 bits per heavy atom. The van der Waals surface area contributed by atoms with Crippen LogP contribution in [0.3, 0.4) is 0 Å². The van der Waals surface area contributed by atoms with Crippen molar-refractivity contribution < 1.29 is 17.9 Å². The first kappa shape index (κ1) is 30.5. The molecule has 7 nitrogen and oxygen atoms in total. The van der Waals surface area contributed by atoms with Gasteiger partial charge in [-0.15, -0.1) is 0 Å². The number of amides is 1. The first-order valence-electron chi connectivity index (χ1n) is 13.2. The predicted octanol–water partition coefficient (Wildman–Crippen LogP) is 6.87. The zero-order valence-electron chi connectivity index (χ0n) is 22.4. The largest absolute Gasteiger partial charge is 0.481 e. The van der Waals surface area contributed by atoms with E-state index in [9.17, 15) is 13.2 Å². The van der Waals surface area contributed by atoms with Crippen LogP contribution >= 0.6 is 39.1 Å². The minimum atomic E-state index is -3.71. The number of ether oxygens (including phenoxy) is 1. The Balaban J connectivity index is 1.20. The molecule has 1 heterocycles. The first-order chi connectivity index (χ1) is 20.2. The molecule has 0 bridgehead atoms. The lowest BCUT2D eigenvalue weighted by molar-refractivity contribution is -0.118. The van der Waals surface area contributed by atoms with Gasteiger partial charge in [0.1, 0.15) is 0 Å². The monoisotopic (exact) mass is 687 g/mol. The Labute approximate surface area is 264 Å². The molecule has 1 aliphatic heterocycles. The van der Waals surface area contributed by atoms with Crippen LogP contribution in [0.5, 0.6) is 5.75 Å². The van der Waals surface area contributed by atoms with Crippen LogP contribution in [0.1, 0.15) is 17.2 Å². The highest BCUT2D eigenvalue weighted by molar-refractivity contribution is 9.10. The molecule has 0 radical (unpaired) electrons. The van der Waals surface area contributed by atoms with Gasteiger partial charge in [-0.3, -0.25) is 9.69 Å². The molecule has 5 rings (SSSR count). The number of halogens is 3. The summed E-state index contributed by atoms with van der Waals surface area (Å²) in [5, 5.41) is 3.41. The third-order valence-electron chi connectivity index (χ3n) is 6.96. The summed E-state index contributed by atoms with van der Waals surface area (Å²) in [6.45, 7) is 1.64. The first-order valence-corrected chi connectivity index (χ1v) is 16.2. The van der Waals surface area contributed by atoms with Gasteiger partial charge in [-0.2, -0.15) is 4.31 Å². The van der Waals surface area contributed by atoms with Crippen molar-refractivity contribution in [3.05, 3.63) is 123 Å². The van der Waals surface area contributed by atoms with Crippen LogP contribution in [0, 0.1) is 0 Å². The Bertz CT molecular complexity index is 1570. The number of carbonyl (C=O) groups excluding carboxylic acids is 1. The van der Waals surface area contributed by atoms with E-state index in [2.05, 4.69) is 50.4 Å². The third-order valence-corrected chi connectivity index (χ3v) is 9.96. The lowest BCUT2D eigenvalue weighted by Crippen LogP contribution is -2.49. The number of carbonyl (C=O) groups is 1. The van der Waals surface area contributed by atoms with Crippen LogP contribution in [0.25, 0.3) is 0 Å². The van der Waals surface area contributed by atoms with Crippen LogP contribution in [-0.4, -0.2) is 56.3 Å². The number of benzene rings is 4. The molecule has 42 heavy (non-hydrogen) atoms. The molecule has 0 aromatic heterocycles. The number of nitrogens with one attached hydrogen (secondary N) is 1. The number of hydrogen-bond donors (Lipinski definition) is 1. The Kier molecular flexibility index (Phi) is 9.88. The lowest BCUT2D eigenvalue weighted by atomic mass is 9.96. The number of nitrogens with zero attached hydrogens (tertiary/aromatic N) is 2. The van der Waals surface area contributed by atoms with Gasteiger partial charge in [0.15, 0.2) is 12.4 Å². The molecule has 0 atom stereocenters. The minimum absolute atomic E-state index is 0.0426. The summed E-state index contributed by atoms with van der Waals surface area (Å²) < 4.78 is 34.5. The molecule has 1 fully saturated rings. The Morgan fingerprint density at radius 1 is 0.857 bits per heavy atom. The molecule has 1 amide bonds. The third kappa shape index (κ3) is 7.16. The average molecular weight is 689 g/mol. The van der Waals surface area contributed by atoms with Crippen molar-refractivity contribution in [2.24, 2.45) is 0 Å². The van der Waals surface area contributed by atoms with Gasteiger partial charge in [-0.05, 0) is 63.5 Å². The van der Waals surface area contributed by atoms with Gasteiger partial charge in [-0.25, -0.2) is 8.42 Å². The van der Waals surface area contributed by atoms with Crippen molar-refractivity contribution in [3.63, 3.8) is 0 Å². The molecule has 0 unspecified atom stereocenters. The highest BCUT2D eigenvalue weighted by Gasteiger charge is 2.32. The molecule has 0 spiro atoms. The molecule has 1 saturated heterocycles. The molecule has 11 heteroatoms. The van der Waals surface area contributed by atoms with E-state index in [4.69, 9.17) is 27.9 Å². The number of piperazine rings is 1. The summed E-state index contributed by atoms with van der Waals surface area (Å²) in [6, 6.07) is 29.8. The van der Waals surface area contributed by atoms with Gasteiger partial charge in [0.25, 0.3) is 5.91 Å². The molecular formula is C31H28BrCl2N3O4S. The molecular weight excluding hydrogens is 661 g/mol. The fourth-order valence-corrected chi connectivity index (χ4v) is 7.74. The van der Waals surface area contributed by atoms with Gasteiger partial charge >= 0.3 is 0 Å². The van der Waals surface area contributed by atoms with Gasteiger partial charge < -0.3 is 10.1 Å². The Morgan fingerprint density at radius 3 is 1.98 bits per heavy atom. The van der Waals surface area contributed by atoms with E-state index in [1.807, 2.05) is 36.4 Å². The van der Waals surface area contributed by atoms with Crippen molar-refractivity contribution in [3.8, 4) is 5.75 Å². The highest BCUT2D eigenvalue weighted by atomic mass is 79.9. The number of anilines is 1. The topological polar surface area (TPSA) is 78.9 Å². The van der Waals surface area contributed by atoms with E-state index < -0.39 is 15.9 Å². The minimum Gasteiger partial charge on any atom is -0.481 e. The molecule has 218 valence electrons. The van der Waals surface area contributed by atoms with E-state index >= 15 is 0 Å². The SMILES string of the molecule is O=C(COc1c(Cl)cc(Cl)cc1Br)Nc1ccc(S(=O)(=O)N2CCN(C(c3ccccc3)c3ccccc3)CC2)cc1. The van der Waals surface area contributed by atoms with Gasteiger partial charge in [0.2, 0.25) is 10.0 Å². The fraction of sp³-hybridized carbons (Fsp3) is 0.194. The second-order valence-corrected chi connectivity index (χ2v) is 13.4. The van der Waals surface area contributed by atoms with Crippen LogP contribution in [0.15, 0.2) is 106 Å². The predicted molar refractivity (Wildman–Crippen MR) is 170 cm³/mol. The fourth-order valence-electron chi connectivity index (χ4n) is 4.95. The van der Waals surface area contributed by atoms with E-state index in [-0.39, 0.29) is 22.6 Å². The van der Waals surface area contributed by atoms with Crippen LogP contribution in [0.4, 0.5) is 5.69 Å². The summed E-state index contributed by atoms with van der Waals surface area (Å²) in [5.74, 6) is -0.123. The van der Waals surface area contributed by atoms with Crippen molar-refractivity contribution in [2.75, 3.05) is 38.1 Å². The summed E-state index contributed by atoms with van der Waals surface area (Å²) in [4.78, 5) is 14.9. The van der Waals surface area contributed by atoms with Crippen LogP contribution in [0.2, 0.25) is 10.0 Å². The number of hydrogen-bond acceptors (Lipinski definition) is 5. The zero-order chi connectivity index (χ0) is 29.7. The molecule has 4 aromatic rings. The second-order valence-electron chi connectivity index (χ2n) is 9.72. The zero-order valence-corrected chi connectivity index (χ0v) is 26.3. The summed E-state index contributed by atoms with van der Waals surface area (Å²) in [7, 11) is -3.71. The van der Waals surface area contributed by atoms with Gasteiger partial charge in [0.05, 0.1) is 20.4 Å². The van der Waals surface area contributed by atoms with Crippen molar-refractivity contribution in [2.45, 2.75) is 10.9 Å². The smallest absolute Gasteiger partial charge is 0.262 e. The summed E-state index contributed by atoms with van der Waals surface area (Å²) >= 11 is 15.4. The van der Waals surface area contributed by atoms with E-state index in [0.717, 1.165) is 0 Å². The van der Waals surface area contributed by atoms with Crippen LogP contribution in [-0.2, 0) is 14.8 Å². The van der Waals surface area contributed by atoms with E-state index in [1.54, 1.807) is 18.2 Å². The molecule has 1 N–H and O–H groups in total. The second kappa shape index (κ2) is 13.6. The van der Waals surface area contributed by atoms with Gasteiger partial charge in [0, 0.05) is 36.9 Å². The van der Waals surface area contributed by atoms with Crippen molar-refractivity contribution in [1.29, 1.82) is 0 Å². The maximum atomic E-state index is 13.5. The molecule has 1 aliphatic rings. The standard InChI is InChI=1S/C31H28BrCl2N3O4S/c32-27-19-24(33)20-28(34)31(27)41-21-29(38)35-25-11-13-26(14-12-25)42(39,40)37-17-15-36(16-18-37)30(22-7-3-1-4-8-22)23-9-5-2-6-10-23/h1-14,19-20,30H,15-18,21H2,(H,35,38). The molecule has 0 aliphatic carbocycles. The summed E-state index contributed by atoms with van der Waals surface area (Å²) in [6.07, 6.45) is 0.